The molecule has 0 aromatic rings. The minimum absolute atomic E-state index is 0.0726. The molecule has 11 nitrogen and oxygen atoms in total. The summed E-state index contributed by atoms with van der Waals surface area (Å²) in [7, 11) is 0. The van der Waals surface area contributed by atoms with E-state index in [0.29, 0.717) is 44.9 Å². The van der Waals surface area contributed by atoms with Gasteiger partial charge in [0.15, 0.2) is 0 Å². The molecule has 11 heteroatoms. The van der Waals surface area contributed by atoms with Gasteiger partial charge in [0.2, 0.25) is 6.29 Å². The van der Waals surface area contributed by atoms with E-state index < -0.39 is 88.7 Å². The zero-order valence-electron chi connectivity index (χ0n) is 28.6. The van der Waals surface area contributed by atoms with Crippen molar-refractivity contribution in [1.82, 2.24) is 0 Å². The first-order valence-electron chi connectivity index (χ1n) is 17.6. The molecule has 4 saturated carbocycles. The maximum absolute atomic E-state index is 14.5. The molecule has 266 valence electrons. The number of hydrogen-bond acceptors (Lipinski definition) is 11. The van der Waals surface area contributed by atoms with Crippen molar-refractivity contribution < 1.29 is 54.8 Å². The fourth-order valence-electron chi connectivity index (χ4n) is 12.2. The molecule has 0 spiro atoms. The summed E-state index contributed by atoms with van der Waals surface area (Å²) in [6.45, 7) is 11.6. The number of aldehydes is 1. The lowest BCUT2D eigenvalue weighted by atomic mass is 9.33. The summed E-state index contributed by atoms with van der Waals surface area (Å²) >= 11 is 0. The number of carbonyl (C=O) groups is 2. The van der Waals surface area contributed by atoms with Crippen molar-refractivity contribution in [1.29, 1.82) is 0 Å². The average Bonchev–Trinajstić information content (AvgIpc) is 3.02. The molecule has 5 aliphatic carbocycles. The van der Waals surface area contributed by atoms with Crippen molar-refractivity contribution in [3.05, 3.63) is 11.6 Å². The molecular weight excluding hydrogens is 608 g/mol. The number of hydrogen-bond donors (Lipinski definition) is 7. The predicted molar refractivity (Wildman–Crippen MR) is 168 cm³/mol. The van der Waals surface area contributed by atoms with Gasteiger partial charge in [0.1, 0.15) is 30.7 Å². The Kier molecular flexibility index (Phi) is 8.50. The molecule has 0 radical (unpaired) electrons. The Morgan fingerprint density at radius 3 is 2.28 bits per heavy atom. The third kappa shape index (κ3) is 4.52. The Morgan fingerprint density at radius 2 is 1.64 bits per heavy atom. The second-order valence-corrected chi connectivity index (χ2v) is 17.4. The molecular formula is C36H56O11. The zero-order valence-corrected chi connectivity index (χ0v) is 28.6. The van der Waals surface area contributed by atoms with Crippen LogP contribution in [0.5, 0.6) is 0 Å². The minimum Gasteiger partial charge on any atom is -0.432 e. The molecule has 5 fully saturated rings. The van der Waals surface area contributed by atoms with Crippen LogP contribution in [0.1, 0.15) is 92.9 Å². The van der Waals surface area contributed by atoms with Gasteiger partial charge in [-0.1, -0.05) is 46.3 Å². The molecule has 0 aromatic heterocycles. The maximum Gasteiger partial charge on any atom is 0.315 e. The van der Waals surface area contributed by atoms with Gasteiger partial charge in [0, 0.05) is 5.92 Å². The first-order valence-corrected chi connectivity index (χ1v) is 17.6. The smallest absolute Gasteiger partial charge is 0.315 e. The van der Waals surface area contributed by atoms with Gasteiger partial charge in [-0.25, -0.2) is 0 Å². The van der Waals surface area contributed by atoms with Crippen molar-refractivity contribution >= 4 is 12.3 Å². The number of carbonyl (C=O) groups excluding carboxylic acids is 2. The van der Waals surface area contributed by atoms with Crippen molar-refractivity contribution in [2.75, 3.05) is 6.61 Å². The number of aliphatic hydroxyl groups is 7. The predicted octanol–water partition coefficient (Wildman–Crippen LogP) is 1.61. The molecule has 6 aliphatic rings. The Balaban J connectivity index is 1.40. The highest BCUT2D eigenvalue weighted by Gasteiger charge is 2.72. The summed E-state index contributed by atoms with van der Waals surface area (Å²) < 4.78 is 11.4. The van der Waals surface area contributed by atoms with Gasteiger partial charge in [-0.3, -0.25) is 4.79 Å². The summed E-state index contributed by atoms with van der Waals surface area (Å²) in [6, 6.07) is 0. The molecule has 0 amide bonds. The van der Waals surface area contributed by atoms with Crippen LogP contribution >= 0.6 is 0 Å². The summed E-state index contributed by atoms with van der Waals surface area (Å²) in [5.41, 5.74) is -3.68. The van der Waals surface area contributed by atoms with Crippen molar-refractivity contribution in [3.63, 3.8) is 0 Å². The number of fused-ring (bicyclic) bond motifs is 7. The van der Waals surface area contributed by atoms with Crippen molar-refractivity contribution in [2.45, 2.75) is 141 Å². The van der Waals surface area contributed by atoms with Gasteiger partial charge in [0.25, 0.3) is 0 Å². The SMILES string of the molecule is C[C@@H]1CC[C@]2(C(=O)O[C@@H]3O[C@H](CO)[C@@H](O)[C@H](O)[C@H]3O)CC[C@]3(C)C(=CCC4[C@@]5(C)C[C@@H](O)[C@@H](O)C(C)(C=O)C5CC[C@]43C)[C@@H]2[C@]1(C)O. The molecule has 1 aliphatic heterocycles. The Labute approximate surface area is 277 Å². The summed E-state index contributed by atoms with van der Waals surface area (Å²) in [4.78, 5) is 27.0. The van der Waals surface area contributed by atoms with Crippen molar-refractivity contribution in [3.8, 4) is 0 Å². The van der Waals surface area contributed by atoms with Crippen LogP contribution in [0.15, 0.2) is 11.6 Å². The molecule has 3 unspecified atom stereocenters. The highest BCUT2D eigenvalue weighted by Crippen LogP contribution is 2.76. The molecule has 6 rings (SSSR count). The van der Waals surface area contributed by atoms with Gasteiger partial charge >= 0.3 is 5.97 Å². The summed E-state index contributed by atoms with van der Waals surface area (Å²) in [6.07, 6.45) is -2.41. The Bertz CT molecular complexity index is 1300. The second-order valence-electron chi connectivity index (χ2n) is 17.4. The van der Waals surface area contributed by atoms with Crippen LogP contribution in [0, 0.1) is 50.7 Å². The summed E-state index contributed by atoms with van der Waals surface area (Å²) in [5.74, 6) is -1.43. The normalized spacial score (nSPS) is 57.4. The van der Waals surface area contributed by atoms with Gasteiger partial charge in [-0.15, -0.1) is 0 Å². The van der Waals surface area contributed by atoms with Crippen LogP contribution in [0.2, 0.25) is 0 Å². The lowest BCUT2D eigenvalue weighted by molar-refractivity contribution is -0.299. The van der Waals surface area contributed by atoms with Crippen LogP contribution in [0.25, 0.3) is 0 Å². The van der Waals surface area contributed by atoms with Crippen LogP contribution in [-0.2, 0) is 19.1 Å². The van der Waals surface area contributed by atoms with Crippen LogP contribution < -0.4 is 0 Å². The molecule has 0 bridgehead atoms. The quantitative estimate of drug-likeness (QED) is 0.131. The number of ether oxygens (including phenoxy) is 2. The highest BCUT2D eigenvalue weighted by molar-refractivity contribution is 5.79. The third-order valence-corrected chi connectivity index (χ3v) is 15.5. The average molecular weight is 665 g/mol. The van der Waals surface area contributed by atoms with E-state index in [2.05, 4.69) is 26.8 Å². The number of allylic oxidation sites excluding steroid dienone is 1. The fourth-order valence-corrected chi connectivity index (χ4v) is 12.2. The number of rotatable bonds is 4. The first-order chi connectivity index (χ1) is 21.8. The van der Waals surface area contributed by atoms with Crippen molar-refractivity contribution in [2.24, 2.45) is 50.7 Å². The van der Waals surface area contributed by atoms with E-state index >= 15 is 0 Å². The summed E-state index contributed by atoms with van der Waals surface area (Å²) in [5, 5.41) is 75.5. The van der Waals surface area contributed by atoms with Gasteiger partial charge < -0.3 is 50.0 Å². The van der Waals surface area contributed by atoms with Gasteiger partial charge in [-0.05, 0) is 92.3 Å². The Hall–Kier alpha value is -1.44. The highest BCUT2D eigenvalue weighted by atomic mass is 16.7. The molecule has 47 heavy (non-hydrogen) atoms. The molecule has 1 saturated heterocycles. The topological polar surface area (TPSA) is 194 Å². The Morgan fingerprint density at radius 1 is 0.957 bits per heavy atom. The van der Waals surface area contributed by atoms with E-state index in [1.807, 2.05) is 6.92 Å². The lowest BCUT2D eigenvalue weighted by Gasteiger charge is -2.71. The third-order valence-electron chi connectivity index (χ3n) is 15.5. The monoisotopic (exact) mass is 664 g/mol. The minimum atomic E-state index is -1.73. The van der Waals surface area contributed by atoms with Crippen LogP contribution in [0.4, 0.5) is 0 Å². The van der Waals surface area contributed by atoms with E-state index in [1.165, 1.54) is 0 Å². The second kappa shape index (κ2) is 11.3. The molecule has 1 heterocycles. The first kappa shape index (κ1) is 35.4. The van der Waals surface area contributed by atoms with Gasteiger partial charge in [0.05, 0.1) is 35.2 Å². The molecule has 7 N–H and O–H groups in total. The fraction of sp³-hybridized carbons (Fsp3) is 0.889. The van der Waals surface area contributed by atoms with E-state index in [9.17, 15) is 45.3 Å². The lowest BCUT2D eigenvalue weighted by Crippen LogP contribution is -2.69. The van der Waals surface area contributed by atoms with Crippen LogP contribution in [-0.4, -0.2) is 103 Å². The largest absolute Gasteiger partial charge is 0.432 e. The maximum atomic E-state index is 14.5. The molecule has 0 aromatic carbocycles. The molecule has 17 atom stereocenters. The number of aliphatic hydroxyl groups excluding tert-OH is 6. The van der Waals surface area contributed by atoms with E-state index in [1.54, 1.807) is 13.8 Å². The van der Waals surface area contributed by atoms with Gasteiger partial charge in [-0.2, -0.15) is 0 Å². The van der Waals surface area contributed by atoms with E-state index in [4.69, 9.17) is 9.47 Å². The zero-order chi connectivity index (χ0) is 34.7. The van der Waals surface area contributed by atoms with E-state index in [0.717, 1.165) is 18.3 Å². The van der Waals surface area contributed by atoms with Crippen LogP contribution in [0.3, 0.4) is 0 Å². The standard InChI is InChI=1S/C36H56O11/c1-18-9-12-36(30(44)47-29-26(42)25(41)24(40)21(16-37)46-29)14-13-33(4)19(27(36)35(18,6)45)7-8-23-31(2)15-20(39)28(43)32(3,17-38)22(31)10-11-34(23,33)5/h7,17-18,20-29,37,39-43,45H,8-16H2,1-6H3/t18-,20-,21-,22?,23?,24-,25+,26-,27-,28-,29+,31+,32?,33-,34-,35-,36+/m1/s1. The van der Waals surface area contributed by atoms with E-state index in [-0.39, 0.29) is 23.2 Å². The number of esters is 1.